The van der Waals surface area contributed by atoms with Crippen LogP contribution in [0.1, 0.15) is 25.5 Å². The van der Waals surface area contributed by atoms with Crippen LogP contribution in [0.25, 0.3) is 11.4 Å². The first-order valence-corrected chi connectivity index (χ1v) is 7.51. The fourth-order valence-electron chi connectivity index (χ4n) is 2.34. The number of rotatable bonds is 6. The number of imidazole rings is 1. The van der Waals surface area contributed by atoms with Crippen LogP contribution >= 0.6 is 0 Å². The van der Waals surface area contributed by atoms with E-state index in [4.69, 9.17) is 0 Å². The molecule has 1 N–H and O–H groups in total. The summed E-state index contributed by atoms with van der Waals surface area (Å²) >= 11 is 0. The van der Waals surface area contributed by atoms with Gasteiger partial charge in [0.25, 0.3) is 0 Å². The number of aromatic nitrogens is 2. The Kier molecular flexibility index (Phi) is 5.33. The van der Waals surface area contributed by atoms with Crippen LogP contribution in [0.4, 0.5) is 0 Å². The van der Waals surface area contributed by atoms with Crippen LogP contribution < -0.4 is 5.32 Å². The number of nitrogens with one attached hydrogen (secondary N) is 1. The van der Waals surface area contributed by atoms with E-state index in [0.717, 1.165) is 11.4 Å². The smallest absolute Gasteiger partial charge is 0.216 e. The van der Waals surface area contributed by atoms with E-state index in [0.29, 0.717) is 19.1 Å². The van der Waals surface area contributed by atoms with Gasteiger partial charge in [0.1, 0.15) is 5.82 Å². The molecule has 1 aromatic heterocycles. The zero-order valence-corrected chi connectivity index (χ0v) is 13.7. The van der Waals surface area contributed by atoms with Crippen LogP contribution in [-0.2, 0) is 11.3 Å². The highest BCUT2D eigenvalue weighted by molar-refractivity contribution is 5.72. The molecule has 2 rings (SSSR count). The minimum atomic E-state index is -0.0107. The topological polar surface area (TPSA) is 50.2 Å². The number of carbonyl (C=O) groups is 1. The molecule has 0 radical (unpaired) electrons. The summed E-state index contributed by atoms with van der Waals surface area (Å²) in [7, 11) is 4.15. The number of benzene rings is 1. The third-order valence-electron chi connectivity index (χ3n) is 3.84. The Bertz CT molecular complexity index is 633. The predicted molar refractivity (Wildman–Crippen MR) is 88.4 cm³/mol. The van der Waals surface area contributed by atoms with Crippen molar-refractivity contribution in [2.45, 2.75) is 26.4 Å². The van der Waals surface area contributed by atoms with Crippen molar-refractivity contribution in [3.63, 3.8) is 0 Å². The molecule has 1 atom stereocenters. The second-order valence-corrected chi connectivity index (χ2v) is 5.69. The van der Waals surface area contributed by atoms with Gasteiger partial charge in [0.2, 0.25) is 5.91 Å². The molecular weight excluding hydrogens is 276 g/mol. The van der Waals surface area contributed by atoms with Crippen molar-refractivity contribution in [3.05, 3.63) is 42.2 Å². The molecule has 2 aromatic rings. The van der Waals surface area contributed by atoms with E-state index in [1.165, 1.54) is 12.5 Å². The maximum atomic E-state index is 11.0. The molecule has 1 amide bonds. The van der Waals surface area contributed by atoms with E-state index < -0.39 is 0 Å². The minimum absolute atomic E-state index is 0.0107. The second kappa shape index (κ2) is 7.22. The fraction of sp³-hybridized carbons (Fsp3) is 0.412. The third-order valence-corrected chi connectivity index (χ3v) is 3.84. The van der Waals surface area contributed by atoms with Crippen LogP contribution in [0.5, 0.6) is 0 Å². The zero-order chi connectivity index (χ0) is 16.1. The first-order chi connectivity index (χ1) is 10.5. The van der Waals surface area contributed by atoms with Crippen molar-refractivity contribution >= 4 is 5.91 Å². The van der Waals surface area contributed by atoms with E-state index in [-0.39, 0.29) is 5.91 Å². The highest BCUT2D eigenvalue weighted by Crippen LogP contribution is 2.24. The molecule has 1 heterocycles. The van der Waals surface area contributed by atoms with E-state index in [2.05, 4.69) is 65.1 Å². The van der Waals surface area contributed by atoms with Crippen molar-refractivity contribution in [1.82, 2.24) is 19.8 Å². The first kappa shape index (κ1) is 16.2. The summed E-state index contributed by atoms with van der Waals surface area (Å²) in [5.41, 5.74) is 2.36. The Hall–Kier alpha value is -2.14. The Morgan fingerprint density at radius 3 is 2.86 bits per heavy atom. The fourth-order valence-corrected chi connectivity index (χ4v) is 2.34. The normalized spacial score (nSPS) is 12.4. The number of hydrogen-bond donors (Lipinski definition) is 1. The van der Waals surface area contributed by atoms with Gasteiger partial charge in [-0.25, -0.2) is 4.98 Å². The summed E-state index contributed by atoms with van der Waals surface area (Å²) in [6.45, 7) is 5.03. The monoisotopic (exact) mass is 300 g/mol. The number of amides is 1. The molecule has 1 aromatic carbocycles. The van der Waals surface area contributed by atoms with Gasteiger partial charge in [0, 0.05) is 44.0 Å². The molecule has 22 heavy (non-hydrogen) atoms. The van der Waals surface area contributed by atoms with Crippen molar-refractivity contribution in [2.24, 2.45) is 0 Å². The van der Waals surface area contributed by atoms with E-state index >= 15 is 0 Å². The van der Waals surface area contributed by atoms with Gasteiger partial charge >= 0.3 is 0 Å². The van der Waals surface area contributed by atoms with E-state index in [1.54, 1.807) is 6.20 Å². The predicted octanol–water partition coefficient (Wildman–Crippen LogP) is 2.31. The quantitative estimate of drug-likeness (QED) is 0.890. The summed E-state index contributed by atoms with van der Waals surface area (Å²) in [5, 5.41) is 2.81. The standard InChI is InChI=1S/C17H24N4O/c1-13(20(3)4)15-6-5-7-16(12-15)17-19-9-11-21(17)10-8-18-14(2)22/h5-7,9,11-13H,8,10H2,1-4H3,(H,18,22)/t13-/m0/s1. The van der Waals surface area contributed by atoms with Crippen LogP contribution in [0.3, 0.4) is 0 Å². The SMILES string of the molecule is CC(=O)NCCn1ccnc1-c1cccc([C@H](C)N(C)C)c1. The molecule has 5 nitrogen and oxygen atoms in total. The van der Waals surface area contributed by atoms with Crippen molar-refractivity contribution < 1.29 is 4.79 Å². The lowest BCUT2D eigenvalue weighted by atomic mass is 10.0. The van der Waals surface area contributed by atoms with Crippen molar-refractivity contribution in [1.29, 1.82) is 0 Å². The van der Waals surface area contributed by atoms with Crippen LogP contribution in [0.2, 0.25) is 0 Å². The summed E-state index contributed by atoms with van der Waals surface area (Å²) in [6.07, 6.45) is 3.74. The largest absolute Gasteiger partial charge is 0.355 e. The number of carbonyl (C=O) groups excluding carboxylic acids is 1. The summed E-state index contributed by atoms with van der Waals surface area (Å²) in [4.78, 5) is 17.6. The second-order valence-electron chi connectivity index (χ2n) is 5.69. The highest BCUT2D eigenvalue weighted by atomic mass is 16.1. The van der Waals surface area contributed by atoms with Gasteiger partial charge < -0.3 is 14.8 Å². The van der Waals surface area contributed by atoms with E-state index in [9.17, 15) is 4.79 Å². The molecule has 0 fully saturated rings. The zero-order valence-electron chi connectivity index (χ0n) is 13.7. The van der Waals surface area contributed by atoms with Crippen molar-refractivity contribution in [2.75, 3.05) is 20.6 Å². The van der Waals surface area contributed by atoms with Crippen molar-refractivity contribution in [3.8, 4) is 11.4 Å². The molecule has 0 aliphatic heterocycles. The van der Waals surface area contributed by atoms with Gasteiger partial charge in [-0.1, -0.05) is 18.2 Å². The molecule has 0 bridgehead atoms. The molecule has 118 valence electrons. The Morgan fingerprint density at radius 1 is 1.41 bits per heavy atom. The third kappa shape index (κ3) is 3.95. The number of nitrogens with zero attached hydrogens (tertiary/aromatic N) is 3. The van der Waals surface area contributed by atoms with Gasteiger partial charge in [0.05, 0.1) is 0 Å². The van der Waals surface area contributed by atoms with Crippen LogP contribution in [-0.4, -0.2) is 41.0 Å². The lowest BCUT2D eigenvalue weighted by molar-refractivity contribution is -0.118. The van der Waals surface area contributed by atoms with Gasteiger partial charge in [0.15, 0.2) is 0 Å². The average molecular weight is 300 g/mol. The number of hydrogen-bond acceptors (Lipinski definition) is 3. The molecular formula is C17H24N4O. The first-order valence-electron chi connectivity index (χ1n) is 7.51. The molecule has 0 aliphatic rings. The molecule has 0 aliphatic carbocycles. The molecule has 0 saturated heterocycles. The van der Waals surface area contributed by atoms with Gasteiger partial charge in [-0.15, -0.1) is 0 Å². The molecule has 0 unspecified atom stereocenters. The lowest BCUT2D eigenvalue weighted by Gasteiger charge is -2.20. The summed E-state index contributed by atoms with van der Waals surface area (Å²) < 4.78 is 2.06. The highest BCUT2D eigenvalue weighted by Gasteiger charge is 2.11. The Morgan fingerprint density at radius 2 is 2.18 bits per heavy atom. The average Bonchev–Trinajstić information content (AvgIpc) is 2.94. The maximum Gasteiger partial charge on any atom is 0.216 e. The van der Waals surface area contributed by atoms with Gasteiger partial charge in [-0.05, 0) is 32.6 Å². The van der Waals surface area contributed by atoms with Crippen LogP contribution in [0, 0.1) is 0 Å². The molecule has 0 spiro atoms. The molecule has 0 saturated carbocycles. The van der Waals surface area contributed by atoms with Gasteiger partial charge in [-0.3, -0.25) is 4.79 Å². The molecule has 5 heteroatoms. The minimum Gasteiger partial charge on any atom is -0.355 e. The Balaban J connectivity index is 2.20. The maximum absolute atomic E-state index is 11.0. The van der Waals surface area contributed by atoms with Crippen LogP contribution in [0.15, 0.2) is 36.7 Å². The Labute approximate surface area is 132 Å². The van der Waals surface area contributed by atoms with E-state index in [1.807, 2.05) is 6.20 Å². The summed E-state index contributed by atoms with van der Waals surface area (Å²) in [6, 6.07) is 8.81. The lowest BCUT2D eigenvalue weighted by Crippen LogP contribution is -2.24. The summed E-state index contributed by atoms with van der Waals surface area (Å²) in [5.74, 6) is 0.918. The van der Waals surface area contributed by atoms with Gasteiger partial charge in [-0.2, -0.15) is 0 Å².